The summed E-state index contributed by atoms with van der Waals surface area (Å²) in [6, 6.07) is 8.21. The average Bonchev–Trinajstić information content (AvgIpc) is 2.40. The van der Waals surface area contributed by atoms with E-state index in [-0.39, 0.29) is 6.61 Å². The highest BCUT2D eigenvalue weighted by Gasteiger charge is 2.19. The second-order valence-corrected chi connectivity index (χ2v) is 4.93. The summed E-state index contributed by atoms with van der Waals surface area (Å²) in [5, 5.41) is 9.02. The molecule has 1 N–H and O–H groups in total. The van der Waals surface area contributed by atoms with Crippen LogP contribution in [0.2, 0.25) is 0 Å². The van der Waals surface area contributed by atoms with Crippen molar-refractivity contribution in [2.45, 2.75) is 39.0 Å². The molecule has 0 bridgehead atoms. The summed E-state index contributed by atoms with van der Waals surface area (Å²) in [7, 11) is 0. The van der Waals surface area contributed by atoms with Gasteiger partial charge >= 0.3 is 0 Å². The molecule has 3 nitrogen and oxygen atoms in total. The molecule has 1 aromatic rings. The summed E-state index contributed by atoms with van der Waals surface area (Å²) in [6.07, 6.45) is 2.81. The Labute approximate surface area is 109 Å². The highest BCUT2D eigenvalue weighted by atomic mass is 16.5. The first-order valence-corrected chi connectivity index (χ1v) is 6.84. The van der Waals surface area contributed by atoms with Gasteiger partial charge in [-0.1, -0.05) is 24.3 Å². The van der Waals surface area contributed by atoms with Crippen molar-refractivity contribution in [1.29, 1.82) is 0 Å². The van der Waals surface area contributed by atoms with Crippen LogP contribution in [0.1, 0.15) is 30.9 Å². The zero-order chi connectivity index (χ0) is 12.8. The number of likely N-dealkylation sites (tertiary alicyclic amines) is 1. The Morgan fingerprint density at radius 2 is 2.00 bits per heavy atom. The lowest BCUT2D eigenvalue weighted by atomic mass is 10.1. The minimum atomic E-state index is 0.121. The van der Waals surface area contributed by atoms with Gasteiger partial charge in [0, 0.05) is 19.7 Å². The van der Waals surface area contributed by atoms with Crippen molar-refractivity contribution in [3.05, 3.63) is 35.4 Å². The number of aliphatic hydroxyl groups excluding tert-OH is 1. The summed E-state index contributed by atoms with van der Waals surface area (Å²) >= 11 is 0. The number of ether oxygens (including phenoxy) is 1. The molecule has 0 amide bonds. The van der Waals surface area contributed by atoms with Gasteiger partial charge in [-0.25, -0.2) is 0 Å². The maximum absolute atomic E-state index is 9.02. The molecule has 1 aliphatic rings. The summed E-state index contributed by atoms with van der Waals surface area (Å²) in [5.74, 6) is 0. The molecule has 1 unspecified atom stereocenters. The third-order valence-electron chi connectivity index (χ3n) is 3.48. The van der Waals surface area contributed by atoms with E-state index in [1.807, 2.05) is 12.1 Å². The van der Waals surface area contributed by atoms with Crippen LogP contribution in [0.4, 0.5) is 0 Å². The van der Waals surface area contributed by atoms with Gasteiger partial charge in [0.1, 0.15) is 0 Å². The van der Waals surface area contributed by atoms with Crippen molar-refractivity contribution >= 4 is 0 Å². The van der Waals surface area contributed by atoms with E-state index < -0.39 is 0 Å². The lowest BCUT2D eigenvalue weighted by molar-refractivity contribution is 0.00363. The van der Waals surface area contributed by atoms with Crippen molar-refractivity contribution in [2.24, 2.45) is 0 Å². The molecule has 1 aliphatic heterocycles. The topological polar surface area (TPSA) is 32.7 Å². The van der Waals surface area contributed by atoms with Gasteiger partial charge in [0.2, 0.25) is 0 Å². The van der Waals surface area contributed by atoms with Crippen molar-refractivity contribution < 1.29 is 9.84 Å². The van der Waals surface area contributed by atoms with Crippen LogP contribution in [0.25, 0.3) is 0 Å². The molecular weight excluding hydrogens is 226 g/mol. The first kappa shape index (κ1) is 13.5. The second kappa shape index (κ2) is 6.88. The molecule has 18 heavy (non-hydrogen) atoms. The fourth-order valence-corrected chi connectivity index (χ4v) is 2.54. The van der Waals surface area contributed by atoms with E-state index in [0.29, 0.717) is 6.10 Å². The lowest BCUT2D eigenvalue weighted by Crippen LogP contribution is -2.39. The molecule has 100 valence electrons. The van der Waals surface area contributed by atoms with E-state index in [0.717, 1.165) is 31.8 Å². The zero-order valence-electron chi connectivity index (χ0n) is 11.1. The number of nitrogens with zero attached hydrogens (tertiary/aromatic N) is 1. The van der Waals surface area contributed by atoms with Gasteiger partial charge in [0.05, 0.1) is 12.7 Å². The van der Waals surface area contributed by atoms with Gasteiger partial charge < -0.3 is 9.84 Å². The number of aliphatic hydroxyl groups is 1. The molecule has 0 spiro atoms. The summed E-state index contributed by atoms with van der Waals surface area (Å²) < 4.78 is 5.71. The summed E-state index contributed by atoms with van der Waals surface area (Å²) in [5.41, 5.74) is 2.29. The highest BCUT2D eigenvalue weighted by molar-refractivity contribution is 5.21. The number of hydrogen-bond acceptors (Lipinski definition) is 3. The van der Waals surface area contributed by atoms with Gasteiger partial charge in [0.15, 0.2) is 0 Å². The van der Waals surface area contributed by atoms with Gasteiger partial charge in [-0.2, -0.15) is 0 Å². The van der Waals surface area contributed by atoms with E-state index in [9.17, 15) is 0 Å². The minimum absolute atomic E-state index is 0.121. The Balaban J connectivity index is 1.87. The third kappa shape index (κ3) is 3.80. The maximum atomic E-state index is 9.02. The molecule has 2 rings (SSSR count). The number of hydrogen-bond donors (Lipinski definition) is 1. The van der Waals surface area contributed by atoms with Crippen molar-refractivity contribution in [3.8, 4) is 0 Å². The van der Waals surface area contributed by atoms with Crippen molar-refractivity contribution in [1.82, 2.24) is 4.90 Å². The Morgan fingerprint density at radius 3 is 2.67 bits per heavy atom. The van der Waals surface area contributed by atoms with Crippen LogP contribution in [0.15, 0.2) is 24.3 Å². The van der Waals surface area contributed by atoms with Gasteiger partial charge in [-0.05, 0) is 37.4 Å². The molecule has 1 aromatic carbocycles. The van der Waals surface area contributed by atoms with Crippen LogP contribution in [-0.2, 0) is 17.9 Å². The SMILES string of the molecule is CCOC1CCCN(Cc2ccc(CO)cc2)C1. The molecule has 1 heterocycles. The number of piperidine rings is 1. The monoisotopic (exact) mass is 249 g/mol. The van der Waals surface area contributed by atoms with Crippen LogP contribution in [-0.4, -0.2) is 35.8 Å². The maximum Gasteiger partial charge on any atom is 0.0702 e. The summed E-state index contributed by atoms with van der Waals surface area (Å²) in [4.78, 5) is 2.46. The van der Waals surface area contributed by atoms with Crippen molar-refractivity contribution in [3.63, 3.8) is 0 Å². The number of benzene rings is 1. The Morgan fingerprint density at radius 1 is 1.28 bits per heavy atom. The van der Waals surface area contributed by atoms with E-state index >= 15 is 0 Å². The molecule has 0 radical (unpaired) electrons. The van der Waals surface area contributed by atoms with Crippen molar-refractivity contribution in [2.75, 3.05) is 19.7 Å². The Hall–Kier alpha value is -0.900. The molecule has 1 atom stereocenters. The normalized spacial score (nSPS) is 21.1. The lowest BCUT2D eigenvalue weighted by Gasteiger charge is -2.32. The first-order valence-electron chi connectivity index (χ1n) is 6.84. The minimum Gasteiger partial charge on any atom is -0.392 e. The molecular formula is C15H23NO2. The van der Waals surface area contributed by atoms with Crippen LogP contribution in [0.5, 0.6) is 0 Å². The second-order valence-electron chi connectivity index (χ2n) is 4.93. The molecule has 1 saturated heterocycles. The van der Waals surface area contributed by atoms with E-state index in [1.165, 1.54) is 18.4 Å². The third-order valence-corrected chi connectivity index (χ3v) is 3.48. The van der Waals surface area contributed by atoms with E-state index in [1.54, 1.807) is 0 Å². The zero-order valence-corrected chi connectivity index (χ0v) is 11.1. The predicted molar refractivity (Wildman–Crippen MR) is 72.3 cm³/mol. The smallest absolute Gasteiger partial charge is 0.0702 e. The molecule has 0 aromatic heterocycles. The highest BCUT2D eigenvalue weighted by Crippen LogP contribution is 2.16. The molecule has 0 aliphatic carbocycles. The fraction of sp³-hybridized carbons (Fsp3) is 0.600. The van der Waals surface area contributed by atoms with Gasteiger partial charge in [-0.3, -0.25) is 4.90 Å². The molecule has 3 heteroatoms. The average molecular weight is 249 g/mol. The largest absolute Gasteiger partial charge is 0.392 e. The van der Waals surface area contributed by atoms with Crippen LogP contribution >= 0.6 is 0 Å². The fourth-order valence-electron chi connectivity index (χ4n) is 2.54. The Bertz CT molecular complexity index is 348. The molecule has 0 saturated carbocycles. The Kier molecular flexibility index (Phi) is 5.17. The van der Waals surface area contributed by atoms with Gasteiger partial charge in [0.25, 0.3) is 0 Å². The number of rotatable bonds is 5. The van der Waals surface area contributed by atoms with Crippen LogP contribution < -0.4 is 0 Å². The predicted octanol–water partition coefficient (Wildman–Crippen LogP) is 2.18. The van der Waals surface area contributed by atoms with Crippen LogP contribution in [0, 0.1) is 0 Å². The first-order chi connectivity index (χ1) is 8.81. The van der Waals surface area contributed by atoms with E-state index in [2.05, 4.69) is 24.0 Å². The van der Waals surface area contributed by atoms with Gasteiger partial charge in [-0.15, -0.1) is 0 Å². The van der Waals surface area contributed by atoms with E-state index in [4.69, 9.17) is 9.84 Å². The standard InChI is InChI=1S/C15H23NO2/c1-2-18-15-4-3-9-16(11-15)10-13-5-7-14(12-17)8-6-13/h5-8,15,17H,2-4,9-12H2,1H3. The quantitative estimate of drug-likeness (QED) is 0.868. The van der Waals surface area contributed by atoms with Crippen LogP contribution in [0.3, 0.4) is 0 Å². The summed E-state index contributed by atoms with van der Waals surface area (Å²) in [6.45, 7) is 6.17. The molecule has 1 fully saturated rings.